The molecule has 3 aromatic rings. The molecule has 34 heavy (non-hydrogen) atoms. The number of thiazole rings is 1. The molecule has 0 atom stereocenters. The van der Waals surface area contributed by atoms with Crippen LogP contribution in [0.15, 0.2) is 60.0 Å². The minimum Gasteiger partial charge on any atom is -0.486 e. The lowest BCUT2D eigenvalue weighted by Gasteiger charge is -2.34. The predicted octanol–water partition coefficient (Wildman–Crippen LogP) is 4.61. The minimum absolute atomic E-state index is 0.0478. The summed E-state index contributed by atoms with van der Waals surface area (Å²) in [4.78, 5) is 33.5. The molecule has 8 heteroatoms. The number of aromatic nitrogens is 1. The largest absolute Gasteiger partial charge is 0.486 e. The van der Waals surface area contributed by atoms with Gasteiger partial charge in [-0.25, -0.2) is 4.98 Å². The van der Waals surface area contributed by atoms with Gasteiger partial charge in [0.15, 0.2) is 0 Å². The topological polar surface area (TPSA) is 62.7 Å². The zero-order chi connectivity index (χ0) is 23.8. The molecule has 0 saturated carbocycles. The highest BCUT2D eigenvalue weighted by Crippen LogP contribution is 2.19. The van der Waals surface area contributed by atoms with Gasteiger partial charge in [0.05, 0.1) is 12.1 Å². The third-order valence-electron chi connectivity index (χ3n) is 5.79. The standard InChI is InChI=1S/C26H28ClN3O3S/c27-21-9-11-23(12-10-21)33-18-24-28-22(19-34-24)17-26(32)30-15-13-29(14-16-30)25(31)8-4-7-20-5-2-1-3-6-20/h1-3,5-6,9-12,19H,4,7-8,13-18H2. The van der Waals surface area contributed by atoms with E-state index in [9.17, 15) is 9.59 Å². The Hall–Kier alpha value is -2.90. The molecule has 0 aliphatic carbocycles. The molecule has 6 nitrogen and oxygen atoms in total. The maximum atomic E-state index is 12.7. The maximum absolute atomic E-state index is 12.7. The Balaban J connectivity index is 1.16. The fourth-order valence-electron chi connectivity index (χ4n) is 3.89. The number of hydrogen-bond acceptors (Lipinski definition) is 5. The molecule has 2 aromatic carbocycles. The molecule has 2 amide bonds. The summed E-state index contributed by atoms with van der Waals surface area (Å²) in [7, 11) is 0. The molecule has 1 aliphatic rings. The Bertz CT molecular complexity index is 1080. The molecule has 1 aromatic heterocycles. The molecule has 0 N–H and O–H groups in total. The van der Waals surface area contributed by atoms with Gasteiger partial charge in [0.2, 0.25) is 11.8 Å². The Labute approximate surface area is 209 Å². The SMILES string of the molecule is O=C(CCCc1ccccc1)N1CCN(C(=O)Cc2csc(COc3ccc(Cl)cc3)n2)CC1. The Morgan fingerprint density at radius 2 is 1.62 bits per heavy atom. The van der Waals surface area contributed by atoms with Crippen molar-refractivity contribution in [1.29, 1.82) is 0 Å². The molecule has 0 unspecified atom stereocenters. The normalized spacial score (nSPS) is 13.7. The van der Waals surface area contributed by atoms with Crippen LogP contribution in [0.1, 0.15) is 29.1 Å². The van der Waals surface area contributed by atoms with Crippen LogP contribution in [0.25, 0.3) is 0 Å². The summed E-state index contributed by atoms with van der Waals surface area (Å²) in [5.41, 5.74) is 2.01. The number of hydrogen-bond donors (Lipinski definition) is 0. The molecule has 0 radical (unpaired) electrons. The van der Waals surface area contributed by atoms with Crippen molar-refractivity contribution in [2.75, 3.05) is 26.2 Å². The number of rotatable bonds is 9. The van der Waals surface area contributed by atoms with E-state index in [0.29, 0.717) is 44.2 Å². The molecule has 2 heterocycles. The first-order valence-electron chi connectivity index (χ1n) is 11.5. The van der Waals surface area contributed by atoms with Crippen LogP contribution in [0, 0.1) is 0 Å². The maximum Gasteiger partial charge on any atom is 0.228 e. The smallest absolute Gasteiger partial charge is 0.228 e. The summed E-state index contributed by atoms with van der Waals surface area (Å²) in [5, 5.41) is 3.39. The highest BCUT2D eigenvalue weighted by atomic mass is 35.5. The van der Waals surface area contributed by atoms with Gasteiger partial charge in [0.25, 0.3) is 0 Å². The lowest BCUT2D eigenvalue weighted by Crippen LogP contribution is -2.51. The number of nitrogens with zero attached hydrogens (tertiary/aromatic N) is 3. The number of aryl methyl sites for hydroxylation is 1. The summed E-state index contributed by atoms with van der Waals surface area (Å²) < 4.78 is 5.73. The van der Waals surface area contributed by atoms with E-state index in [0.717, 1.165) is 29.3 Å². The van der Waals surface area contributed by atoms with Gasteiger partial charge in [0.1, 0.15) is 17.4 Å². The van der Waals surface area contributed by atoms with Crippen molar-refractivity contribution >= 4 is 34.8 Å². The quantitative estimate of drug-likeness (QED) is 0.433. The van der Waals surface area contributed by atoms with E-state index >= 15 is 0 Å². The van der Waals surface area contributed by atoms with E-state index < -0.39 is 0 Å². The monoisotopic (exact) mass is 497 g/mol. The van der Waals surface area contributed by atoms with Crippen LogP contribution in [0.3, 0.4) is 0 Å². The first-order chi connectivity index (χ1) is 16.6. The van der Waals surface area contributed by atoms with Gasteiger partial charge in [-0.05, 0) is 42.7 Å². The van der Waals surface area contributed by atoms with Crippen LogP contribution in [-0.4, -0.2) is 52.8 Å². The molecular formula is C26H28ClN3O3S. The molecule has 0 bridgehead atoms. The minimum atomic E-state index is 0.0478. The van der Waals surface area contributed by atoms with E-state index in [4.69, 9.17) is 16.3 Å². The Kier molecular flexibility index (Phi) is 8.55. The second kappa shape index (κ2) is 12.0. The van der Waals surface area contributed by atoms with Gasteiger partial charge >= 0.3 is 0 Å². The van der Waals surface area contributed by atoms with Gasteiger partial charge in [0, 0.05) is 43.0 Å². The molecule has 178 valence electrons. The number of carbonyl (C=O) groups excluding carboxylic acids is 2. The number of carbonyl (C=O) groups is 2. The number of halogens is 1. The van der Waals surface area contributed by atoms with E-state index in [1.165, 1.54) is 16.9 Å². The molecule has 0 spiro atoms. The summed E-state index contributed by atoms with van der Waals surface area (Å²) in [6.07, 6.45) is 2.56. The van der Waals surface area contributed by atoms with Gasteiger partial charge in [-0.15, -0.1) is 11.3 Å². The van der Waals surface area contributed by atoms with Crippen LogP contribution in [0.5, 0.6) is 5.75 Å². The second-order valence-electron chi connectivity index (χ2n) is 8.25. The highest BCUT2D eigenvalue weighted by molar-refractivity contribution is 7.09. The molecule has 1 saturated heterocycles. The number of amides is 2. The van der Waals surface area contributed by atoms with Crippen molar-refractivity contribution in [3.05, 3.63) is 81.3 Å². The van der Waals surface area contributed by atoms with E-state index in [2.05, 4.69) is 17.1 Å². The average molecular weight is 498 g/mol. The van der Waals surface area contributed by atoms with Crippen molar-refractivity contribution in [3.8, 4) is 5.75 Å². The second-order valence-corrected chi connectivity index (χ2v) is 9.63. The Morgan fingerprint density at radius 1 is 0.941 bits per heavy atom. The van der Waals surface area contributed by atoms with E-state index in [-0.39, 0.29) is 18.2 Å². The summed E-state index contributed by atoms with van der Waals surface area (Å²) in [6.45, 7) is 2.67. The van der Waals surface area contributed by atoms with Gasteiger partial charge in [-0.2, -0.15) is 0 Å². The highest BCUT2D eigenvalue weighted by Gasteiger charge is 2.24. The lowest BCUT2D eigenvalue weighted by atomic mass is 10.1. The summed E-state index contributed by atoms with van der Waals surface area (Å²) in [6, 6.07) is 17.4. The Morgan fingerprint density at radius 3 is 2.32 bits per heavy atom. The van der Waals surface area contributed by atoms with Crippen LogP contribution in [0.2, 0.25) is 5.02 Å². The zero-order valence-corrected chi connectivity index (χ0v) is 20.6. The van der Waals surface area contributed by atoms with Crippen LogP contribution in [-0.2, 0) is 29.0 Å². The van der Waals surface area contributed by atoms with Gasteiger partial charge in [-0.3, -0.25) is 9.59 Å². The number of benzene rings is 2. The fourth-order valence-corrected chi connectivity index (χ4v) is 4.72. The first kappa shape index (κ1) is 24.2. The number of piperazine rings is 1. The molecular weight excluding hydrogens is 470 g/mol. The fraction of sp³-hybridized carbons (Fsp3) is 0.346. The average Bonchev–Trinajstić information content (AvgIpc) is 3.31. The van der Waals surface area contributed by atoms with Gasteiger partial charge in [-0.1, -0.05) is 41.9 Å². The number of ether oxygens (including phenoxy) is 1. The van der Waals surface area contributed by atoms with Crippen molar-refractivity contribution in [2.24, 2.45) is 0 Å². The lowest BCUT2D eigenvalue weighted by molar-refractivity contribution is -0.139. The molecule has 4 rings (SSSR count). The van der Waals surface area contributed by atoms with E-state index in [1.807, 2.05) is 45.5 Å². The third kappa shape index (κ3) is 7.05. The van der Waals surface area contributed by atoms with Crippen LogP contribution >= 0.6 is 22.9 Å². The molecule has 1 aliphatic heterocycles. The van der Waals surface area contributed by atoms with Crippen molar-refractivity contribution in [3.63, 3.8) is 0 Å². The van der Waals surface area contributed by atoms with Crippen molar-refractivity contribution in [1.82, 2.24) is 14.8 Å². The van der Waals surface area contributed by atoms with Crippen LogP contribution in [0.4, 0.5) is 0 Å². The van der Waals surface area contributed by atoms with Gasteiger partial charge < -0.3 is 14.5 Å². The van der Waals surface area contributed by atoms with E-state index in [1.54, 1.807) is 12.1 Å². The van der Waals surface area contributed by atoms with Crippen molar-refractivity contribution < 1.29 is 14.3 Å². The van der Waals surface area contributed by atoms with Crippen molar-refractivity contribution in [2.45, 2.75) is 32.3 Å². The van der Waals surface area contributed by atoms with Crippen LogP contribution < -0.4 is 4.74 Å². The molecule has 1 fully saturated rings. The first-order valence-corrected chi connectivity index (χ1v) is 12.7. The zero-order valence-electron chi connectivity index (χ0n) is 19.0. The summed E-state index contributed by atoms with van der Waals surface area (Å²) in [5.74, 6) is 0.948. The summed E-state index contributed by atoms with van der Waals surface area (Å²) >= 11 is 7.37. The third-order valence-corrected chi connectivity index (χ3v) is 6.91. The predicted molar refractivity (Wildman–Crippen MR) is 134 cm³/mol.